The van der Waals surface area contributed by atoms with Crippen molar-refractivity contribution >= 4 is 39.3 Å². The molecule has 1 aromatic heterocycles. The minimum absolute atomic E-state index is 0.0884. The number of carbonyl (C=O) groups excluding carboxylic acids is 1. The Hall–Kier alpha value is -3.81. The van der Waals surface area contributed by atoms with E-state index in [9.17, 15) is 9.59 Å². The van der Waals surface area contributed by atoms with Crippen LogP contribution in [0.4, 0.5) is 0 Å². The molecule has 0 saturated heterocycles. The van der Waals surface area contributed by atoms with Gasteiger partial charge in [-0.1, -0.05) is 39.3 Å². The van der Waals surface area contributed by atoms with Crippen molar-refractivity contribution in [3.8, 4) is 29.6 Å². The molecule has 1 aliphatic heterocycles. The van der Waals surface area contributed by atoms with Crippen LogP contribution in [-0.4, -0.2) is 38.0 Å². The van der Waals surface area contributed by atoms with Gasteiger partial charge in [0.25, 0.3) is 5.56 Å². The lowest BCUT2D eigenvalue weighted by Gasteiger charge is -2.25. The standard InChI is InChI=1S/C28H25BrN2O6S/c1-6-12-37-20-11-9-19(29)13-18(20)15-23-26(32)31-25(17-8-10-21(34-4)22(14-17)35-5)24(27(33)36-7-2)16(3)30-28(31)38-23/h1,8-11,13-15,25H,7,12H2,2-5H3/b23-15-/t25-/m1/s1. The molecule has 0 unspecified atom stereocenters. The summed E-state index contributed by atoms with van der Waals surface area (Å²) in [4.78, 5) is 32.1. The molecule has 2 aromatic carbocycles. The maximum atomic E-state index is 13.9. The van der Waals surface area contributed by atoms with Gasteiger partial charge in [-0.05, 0) is 55.8 Å². The lowest BCUT2D eigenvalue weighted by Crippen LogP contribution is -2.40. The van der Waals surface area contributed by atoms with E-state index in [0.29, 0.717) is 43.4 Å². The third-order valence-corrected chi connectivity index (χ3v) is 7.29. The molecule has 3 aromatic rings. The summed E-state index contributed by atoms with van der Waals surface area (Å²) in [6, 6.07) is 9.94. The molecule has 8 nitrogen and oxygen atoms in total. The molecule has 196 valence electrons. The summed E-state index contributed by atoms with van der Waals surface area (Å²) in [5, 5.41) is 0. The SMILES string of the molecule is C#CCOc1ccc(Br)cc1/C=c1\sc2n(c1=O)[C@H](c1ccc(OC)c(OC)c1)C(C(=O)OCC)=C(C)N=2. The highest BCUT2D eigenvalue weighted by molar-refractivity contribution is 9.10. The Bertz CT molecular complexity index is 1650. The molecule has 0 spiro atoms. The van der Waals surface area contributed by atoms with Crippen LogP contribution in [0.25, 0.3) is 6.08 Å². The zero-order valence-electron chi connectivity index (χ0n) is 21.2. The highest BCUT2D eigenvalue weighted by Crippen LogP contribution is 2.36. The number of hydrogen-bond acceptors (Lipinski definition) is 8. The van der Waals surface area contributed by atoms with E-state index in [1.165, 1.54) is 30.1 Å². The zero-order chi connectivity index (χ0) is 27.4. The quantitative estimate of drug-likeness (QED) is 0.292. The predicted octanol–water partition coefficient (Wildman–Crippen LogP) is 3.59. The molecule has 38 heavy (non-hydrogen) atoms. The van der Waals surface area contributed by atoms with Crippen LogP contribution >= 0.6 is 27.3 Å². The van der Waals surface area contributed by atoms with Crippen LogP contribution in [0.2, 0.25) is 0 Å². The van der Waals surface area contributed by atoms with E-state index in [-0.39, 0.29) is 24.3 Å². The van der Waals surface area contributed by atoms with Crippen LogP contribution in [0.15, 0.2) is 61.9 Å². The molecule has 0 radical (unpaired) electrons. The topological polar surface area (TPSA) is 88.3 Å². The molecule has 1 atom stereocenters. The van der Waals surface area contributed by atoms with Crippen molar-refractivity contribution in [2.24, 2.45) is 4.99 Å². The Morgan fingerprint density at radius 3 is 2.61 bits per heavy atom. The fourth-order valence-electron chi connectivity index (χ4n) is 4.15. The van der Waals surface area contributed by atoms with Gasteiger partial charge in [-0.15, -0.1) is 6.42 Å². The van der Waals surface area contributed by atoms with E-state index < -0.39 is 12.0 Å². The first-order valence-corrected chi connectivity index (χ1v) is 13.2. The summed E-state index contributed by atoms with van der Waals surface area (Å²) in [5.74, 6) is 3.44. The minimum atomic E-state index is -0.785. The van der Waals surface area contributed by atoms with Crippen LogP contribution in [-0.2, 0) is 9.53 Å². The number of thiazole rings is 1. The van der Waals surface area contributed by atoms with Crippen molar-refractivity contribution < 1.29 is 23.7 Å². The van der Waals surface area contributed by atoms with Crippen molar-refractivity contribution in [3.63, 3.8) is 0 Å². The first kappa shape index (κ1) is 27.2. The number of rotatable bonds is 8. The molecule has 0 bridgehead atoms. The molecule has 4 rings (SSSR count). The number of nitrogens with zero attached hydrogens (tertiary/aromatic N) is 2. The number of allylic oxidation sites excluding steroid dienone is 1. The summed E-state index contributed by atoms with van der Waals surface area (Å²) in [6.07, 6.45) is 7.09. The molecule has 0 amide bonds. The minimum Gasteiger partial charge on any atom is -0.493 e. The fraction of sp³-hybridized carbons (Fsp3) is 0.250. The Labute approximate surface area is 232 Å². The Balaban J connectivity index is 1.97. The third kappa shape index (κ3) is 5.26. The number of benzene rings is 2. The maximum Gasteiger partial charge on any atom is 0.338 e. The Morgan fingerprint density at radius 2 is 1.92 bits per heavy atom. The largest absolute Gasteiger partial charge is 0.493 e. The lowest BCUT2D eigenvalue weighted by molar-refractivity contribution is -0.139. The van der Waals surface area contributed by atoms with Crippen LogP contribution in [0.1, 0.15) is 31.0 Å². The van der Waals surface area contributed by atoms with E-state index >= 15 is 0 Å². The van der Waals surface area contributed by atoms with E-state index in [0.717, 1.165) is 4.47 Å². The van der Waals surface area contributed by atoms with Gasteiger partial charge in [-0.3, -0.25) is 9.36 Å². The van der Waals surface area contributed by atoms with Gasteiger partial charge in [-0.25, -0.2) is 9.79 Å². The molecule has 2 heterocycles. The summed E-state index contributed by atoms with van der Waals surface area (Å²) in [5.41, 5.74) is 1.75. The molecule has 0 N–H and O–H groups in total. The summed E-state index contributed by atoms with van der Waals surface area (Å²) >= 11 is 4.69. The zero-order valence-corrected chi connectivity index (χ0v) is 23.6. The summed E-state index contributed by atoms with van der Waals surface area (Å²) in [6.45, 7) is 3.73. The predicted molar refractivity (Wildman–Crippen MR) is 148 cm³/mol. The maximum absolute atomic E-state index is 13.9. The highest BCUT2D eigenvalue weighted by Gasteiger charge is 2.34. The van der Waals surface area contributed by atoms with Crippen molar-refractivity contribution in [1.29, 1.82) is 0 Å². The van der Waals surface area contributed by atoms with Gasteiger partial charge < -0.3 is 18.9 Å². The van der Waals surface area contributed by atoms with E-state index in [4.69, 9.17) is 25.4 Å². The average molecular weight is 597 g/mol. The number of hydrogen-bond donors (Lipinski definition) is 0. The normalized spacial score (nSPS) is 14.8. The van der Waals surface area contributed by atoms with Gasteiger partial charge in [0.05, 0.1) is 42.7 Å². The second-order valence-corrected chi connectivity index (χ2v) is 10.0. The average Bonchev–Trinajstić information content (AvgIpc) is 3.21. The molecule has 0 aliphatic carbocycles. The molecule has 0 fully saturated rings. The van der Waals surface area contributed by atoms with Crippen molar-refractivity contribution in [3.05, 3.63) is 83.0 Å². The molecule has 1 aliphatic rings. The monoisotopic (exact) mass is 596 g/mol. The Kier molecular flexibility index (Phi) is 8.39. The summed E-state index contributed by atoms with van der Waals surface area (Å²) in [7, 11) is 3.07. The van der Waals surface area contributed by atoms with Gasteiger partial charge in [0.15, 0.2) is 16.3 Å². The van der Waals surface area contributed by atoms with Crippen LogP contribution < -0.4 is 29.1 Å². The van der Waals surface area contributed by atoms with Crippen molar-refractivity contribution in [2.75, 3.05) is 27.4 Å². The first-order valence-electron chi connectivity index (χ1n) is 11.6. The molecule has 10 heteroatoms. The summed E-state index contributed by atoms with van der Waals surface area (Å²) < 4.78 is 24.6. The van der Waals surface area contributed by atoms with Gasteiger partial charge >= 0.3 is 5.97 Å². The number of aromatic nitrogens is 1. The Morgan fingerprint density at radius 1 is 1.18 bits per heavy atom. The van der Waals surface area contributed by atoms with Gasteiger partial charge in [0, 0.05) is 10.0 Å². The number of fused-ring (bicyclic) bond motifs is 1. The van der Waals surface area contributed by atoms with Gasteiger partial charge in [0.2, 0.25) is 0 Å². The number of methoxy groups -OCH3 is 2. The van der Waals surface area contributed by atoms with Crippen LogP contribution in [0.3, 0.4) is 0 Å². The van der Waals surface area contributed by atoms with Gasteiger partial charge in [-0.2, -0.15) is 0 Å². The second-order valence-electron chi connectivity index (χ2n) is 8.09. The number of ether oxygens (including phenoxy) is 4. The second kappa shape index (κ2) is 11.7. The number of terminal acetylenes is 1. The fourth-order valence-corrected chi connectivity index (χ4v) is 5.57. The lowest BCUT2D eigenvalue weighted by atomic mass is 9.95. The van der Waals surface area contributed by atoms with Crippen LogP contribution in [0.5, 0.6) is 17.2 Å². The molecular weight excluding hydrogens is 572 g/mol. The van der Waals surface area contributed by atoms with Gasteiger partial charge in [0.1, 0.15) is 12.4 Å². The van der Waals surface area contributed by atoms with Crippen molar-refractivity contribution in [1.82, 2.24) is 4.57 Å². The highest BCUT2D eigenvalue weighted by atomic mass is 79.9. The van der Waals surface area contributed by atoms with E-state index in [1.807, 2.05) is 12.1 Å². The molecule has 0 saturated carbocycles. The first-order chi connectivity index (χ1) is 18.3. The number of esters is 1. The number of carbonyl (C=O) groups is 1. The van der Waals surface area contributed by atoms with Crippen LogP contribution in [0, 0.1) is 12.3 Å². The number of halogens is 1. The van der Waals surface area contributed by atoms with E-state index in [1.54, 1.807) is 44.2 Å². The van der Waals surface area contributed by atoms with Crippen molar-refractivity contribution in [2.45, 2.75) is 19.9 Å². The third-order valence-electron chi connectivity index (χ3n) is 5.81. The molecular formula is C28H25BrN2O6S. The van der Waals surface area contributed by atoms with E-state index in [2.05, 4.69) is 26.8 Å². The smallest absolute Gasteiger partial charge is 0.338 e.